The molecule has 0 atom stereocenters. The Morgan fingerprint density at radius 2 is 1.78 bits per heavy atom. The molecule has 27 heavy (non-hydrogen) atoms. The van der Waals surface area contributed by atoms with Crippen LogP contribution in [0.2, 0.25) is 0 Å². The fourth-order valence-electron chi connectivity index (χ4n) is 3.46. The standard InChI is InChI=1S/C22H21N3O2/c1-14-16(18-13-15(27-4)9-11-20(18)24(14)2)10-12-21-23-19-8-6-5-7-17(19)22(26)25(21)3/h5-13H,1-4H3/b12-10-. The van der Waals surface area contributed by atoms with Crippen LogP contribution in [0.1, 0.15) is 17.1 Å². The van der Waals surface area contributed by atoms with Crippen LogP contribution in [-0.2, 0) is 14.1 Å². The summed E-state index contributed by atoms with van der Waals surface area (Å²) in [5.74, 6) is 1.44. The Kier molecular flexibility index (Phi) is 4.07. The number of fused-ring (bicyclic) bond motifs is 2. The summed E-state index contributed by atoms with van der Waals surface area (Å²) in [4.78, 5) is 17.2. The smallest absolute Gasteiger partial charge is 0.261 e. The molecule has 2 aromatic heterocycles. The second-order valence-electron chi connectivity index (χ2n) is 6.63. The maximum absolute atomic E-state index is 12.6. The van der Waals surface area contributed by atoms with Gasteiger partial charge < -0.3 is 9.30 Å². The van der Waals surface area contributed by atoms with Crippen molar-refractivity contribution < 1.29 is 4.74 Å². The molecule has 0 unspecified atom stereocenters. The Morgan fingerprint density at radius 1 is 1.00 bits per heavy atom. The van der Waals surface area contributed by atoms with E-state index < -0.39 is 0 Å². The molecule has 136 valence electrons. The van der Waals surface area contributed by atoms with E-state index in [4.69, 9.17) is 4.74 Å². The molecule has 2 aromatic carbocycles. The van der Waals surface area contributed by atoms with Gasteiger partial charge in [0, 0.05) is 36.3 Å². The molecule has 0 aliphatic heterocycles. The zero-order chi connectivity index (χ0) is 19.1. The number of benzene rings is 2. The lowest BCUT2D eigenvalue weighted by Crippen LogP contribution is -2.20. The van der Waals surface area contributed by atoms with E-state index in [2.05, 4.69) is 22.5 Å². The molecule has 5 nitrogen and oxygen atoms in total. The van der Waals surface area contributed by atoms with Crippen LogP contribution in [0.25, 0.3) is 34.0 Å². The number of ether oxygens (including phenoxy) is 1. The van der Waals surface area contributed by atoms with Gasteiger partial charge in [-0.25, -0.2) is 4.98 Å². The summed E-state index contributed by atoms with van der Waals surface area (Å²) < 4.78 is 9.12. The van der Waals surface area contributed by atoms with Gasteiger partial charge in [0.25, 0.3) is 5.56 Å². The molecule has 0 fully saturated rings. The van der Waals surface area contributed by atoms with Crippen molar-refractivity contribution in [1.29, 1.82) is 0 Å². The van der Waals surface area contributed by atoms with Crippen LogP contribution in [0.15, 0.2) is 47.3 Å². The van der Waals surface area contributed by atoms with Crippen LogP contribution in [0, 0.1) is 6.92 Å². The molecule has 5 heteroatoms. The molecular weight excluding hydrogens is 338 g/mol. The Labute approximate surface area is 157 Å². The number of para-hydroxylation sites is 1. The van der Waals surface area contributed by atoms with Gasteiger partial charge >= 0.3 is 0 Å². The Bertz CT molecular complexity index is 1260. The molecule has 0 saturated carbocycles. The first-order valence-corrected chi connectivity index (χ1v) is 8.78. The first-order chi connectivity index (χ1) is 13.0. The zero-order valence-corrected chi connectivity index (χ0v) is 15.9. The number of aromatic nitrogens is 3. The molecule has 0 spiro atoms. The lowest BCUT2D eigenvalue weighted by molar-refractivity contribution is 0.415. The van der Waals surface area contributed by atoms with Gasteiger partial charge in [0.2, 0.25) is 0 Å². The third-order valence-electron chi connectivity index (χ3n) is 5.16. The van der Waals surface area contributed by atoms with Gasteiger partial charge in [-0.1, -0.05) is 12.1 Å². The third-order valence-corrected chi connectivity index (χ3v) is 5.16. The second-order valence-corrected chi connectivity index (χ2v) is 6.63. The average molecular weight is 359 g/mol. The maximum Gasteiger partial charge on any atom is 0.261 e. The van der Waals surface area contributed by atoms with Crippen LogP contribution in [0.5, 0.6) is 5.75 Å². The van der Waals surface area contributed by atoms with E-state index in [0.717, 1.165) is 27.9 Å². The molecule has 0 radical (unpaired) electrons. The minimum Gasteiger partial charge on any atom is -0.497 e. The summed E-state index contributed by atoms with van der Waals surface area (Å²) >= 11 is 0. The highest BCUT2D eigenvalue weighted by molar-refractivity contribution is 5.94. The fraction of sp³-hybridized carbons (Fsp3) is 0.182. The van der Waals surface area contributed by atoms with E-state index in [-0.39, 0.29) is 5.56 Å². The predicted octanol–water partition coefficient (Wildman–Crippen LogP) is 3.91. The van der Waals surface area contributed by atoms with Crippen molar-refractivity contribution in [3.63, 3.8) is 0 Å². The second kappa shape index (κ2) is 6.43. The lowest BCUT2D eigenvalue weighted by atomic mass is 10.1. The maximum atomic E-state index is 12.6. The van der Waals surface area contributed by atoms with Crippen molar-refractivity contribution >= 4 is 34.0 Å². The lowest BCUT2D eigenvalue weighted by Gasteiger charge is -2.05. The topological polar surface area (TPSA) is 49.0 Å². The quantitative estimate of drug-likeness (QED) is 0.557. The molecule has 0 bridgehead atoms. The van der Waals surface area contributed by atoms with Crippen LogP contribution in [0.4, 0.5) is 0 Å². The van der Waals surface area contributed by atoms with Crippen molar-refractivity contribution in [2.75, 3.05) is 7.11 Å². The zero-order valence-electron chi connectivity index (χ0n) is 15.9. The van der Waals surface area contributed by atoms with Gasteiger partial charge in [0.05, 0.1) is 18.0 Å². The average Bonchev–Trinajstić information content (AvgIpc) is 2.93. The van der Waals surface area contributed by atoms with Crippen LogP contribution >= 0.6 is 0 Å². The van der Waals surface area contributed by atoms with Gasteiger partial charge in [-0.15, -0.1) is 0 Å². The van der Waals surface area contributed by atoms with Crippen molar-refractivity contribution in [2.45, 2.75) is 6.92 Å². The Hall–Kier alpha value is -3.34. The first-order valence-electron chi connectivity index (χ1n) is 8.78. The summed E-state index contributed by atoms with van der Waals surface area (Å²) in [7, 11) is 5.47. The Morgan fingerprint density at radius 3 is 2.56 bits per heavy atom. The monoisotopic (exact) mass is 359 g/mol. The molecule has 0 aliphatic carbocycles. The summed E-state index contributed by atoms with van der Waals surface area (Å²) in [6.07, 6.45) is 3.92. The highest BCUT2D eigenvalue weighted by Gasteiger charge is 2.11. The molecule has 2 heterocycles. The molecule has 4 rings (SSSR count). The fourth-order valence-corrected chi connectivity index (χ4v) is 3.46. The van der Waals surface area contributed by atoms with E-state index in [1.165, 1.54) is 0 Å². The summed E-state index contributed by atoms with van der Waals surface area (Å²) in [5, 5.41) is 1.74. The molecule has 0 saturated heterocycles. The summed E-state index contributed by atoms with van der Waals surface area (Å²) in [5.41, 5.74) is 4.02. The molecule has 0 amide bonds. The summed E-state index contributed by atoms with van der Waals surface area (Å²) in [6, 6.07) is 13.5. The molecule has 0 aliphatic rings. The number of hydrogen-bond acceptors (Lipinski definition) is 3. The Balaban J connectivity index is 1.89. The van der Waals surface area contributed by atoms with Crippen molar-refractivity contribution in [3.8, 4) is 5.75 Å². The summed E-state index contributed by atoms with van der Waals surface area (Å²) in [6.45, 7) is 2.08. The minimum absolute atomic E-state index is 0.0449. The van der Waals surface area contributed by atoms with Crippen LogP contribution in [0.3, 0.4) is 0 Å². The SMILES string of the molecule is COc1ccc2c(c1)c(/C=C\c1nc3ccccc3c(=O)n1C)c(C)n2C. The van der Waals surface area contributed by atoms with E-state index in [9.17, 15) is 4.79 Å². The largest absolute Gasteiger partial charge is 0.497 e. The normalized spacial score (nSPS) is 11.7. The van der Waals surface area contributed by atoms with E-state index >= 15 is 0 Å². The van der Waals surface area contributed by atoms with E-state index in [1.807, 2.05) is 49.5 Å². The minimum atomic E-state index is -0.0449. The van der Waals surface area contributed by atoms with Gasteiger partial charge in [-0.3, -0.25) is 9.36 Å². The van der Waals surface area contributed by atoms with E-state index in [1.54, 1.807) is 24.8 Å². The van der Waals surface area contributed by atoms with Gasteiger partial charge in [-0.2, -0.15) is 0 Å². The van der Waals surface area contributed by atoms with Gasteiger partial charge in [-0.05, 0) is 49.4 Å². The van der Waals surface area contributed by atoms with Crippen LogP contribution in [-0.4, -0.2) is 21.2 Å². The van der Waals surface area contributed by atoms with Crippen molar-refractivity contribution in [1.82, 2.24) is 14.1 Å². The number of nitrogens with zero attached hydrogens (tertiary/aromatic N) is 3. The number of rotatable bonds is 3. The van der Waals surface area contributed by atoms with Crippen LogP contribution < -0.4 is 10.3 Å². The predicted molar refractivity (Wildman–Crippen MR) is 110 cm³/mol. The van der Waals surface area contributed by atoms with Crippen molar-refractivity contribution in [3.05, 3.63) is 69.9 Å². The third kappa shape index (κ3) is 2.72. The first kappa shape index (κ1) is 17.1. The van der Waals surface area contributed by atoms with E-state index in [0.29, 0.717) is 16.7 Å². The highest BCUT2D eigenvalue weighted by atomic mass is 16.5. The molecule has 0 N–H and O–H groups in total. The highest BCUT2D eigenvalue weighted by Crippen LogP contribution is 2.29. The van der Waals surface area contributed by atoms with Gasteiger partial charge in [0.15, 0.2) is 0 Å². The molecule has 4 aromatic rings. The number of hydrogen-bond donors (Lipinski definition) is 0. The van der Waals surface area contributed by atoms with Crippen molar-refractivity contribution in [2.24, 2.45) is 14.1 Å². The van der Waals surface area contributed by atoms with Gasteiger partial charge in [0.1, 0.15) is 11.6 Å². The number of methoxy groups -OCH3 is 1. The molecular formula is C22H21N3O2. The number of aryl methyl sites for hydroxylation is 1.